The Morgan fingerprint density at radius 1 is 1.33 bits per heavy atom. The second-order valence-electron chi connectivity index (χ2n) is 3.84. The average molecular weight is 233 g/mol. The Bertz CT molecular complexity index is 325. The van der Waals surface area contributed by atoms with Crippen molar-refractivity contribution >= 4 is 11.6 Å². The molecule has 15 heavy (non-hydrogen) atoms. The Hall–Kier alpha value is -0.630. The fraction of sp³-hybridized carbons (Fsp3) is 0.500. The van der Waals surface area contributed by atoms with Crippen molar-refractivity contribution in [3.05, 3.63) is 35.4 Å². The molecular weight excluding hydrogens is 218 g/mol. The van der Waals surface area contributed by atoms with Crippen molar-refractivity contribution in [3.8, 4) is 0 Å². The first kappa shape index (κ1) is 12.4. The van der Waals surface area contributed by atoms with Crippen molar-refractivity contribution in [2.24, 2.45) is 5.92 Å². The monoisotopic (exact) mass is 232 g/mol. The van der Waals surface area contributed by atoms with Crippen molar-refractivity contribution in [1.29, 1.82) is 0 Å². The van der Waals surface area contributed by atoms with E-state index in [-0.39, 0.29) is 17.1 Å². The SMILES string of the molecule is CCC(Cl)C(C)Cc1cc(F)ccc1F. The number of hydrogen-bond acceptors (Lipinski definition) is 0. The molecule has 0 aliphatic carbocycles. The molecule has 0 nitrogen and oxygen atoms in total. The summed E-state index contributed by atoms with van der Waals surface area (Å²) in [4.78, 5) is 0. The van der Waals surface area contributed by atoms with E-state index >= 15 is 0 Å². The van der Waals surface area contributed by atoms with E-state index in [2.05, 4.69) is 0 Å². The van der Waals surface area contributed by atoms with Gasteiger partial charge in [0.25, 0.3) is 0 Å². The normalized spacial score (nSPS) is 15.0. The van der Waals surface area contributed by atoms with Gasteiger partial charge in [-0.1, -0.05) is 13.8 Å². The number of hydrogen-bond donors (Lipinski definition) is 0. The molecule has 0 aromatic heterocycles. The van der Waals surface area contributed by atoms with Crippen molar-refractivity contribution in [1.82, 2.24) is 0 Å². The maximum absolute atomic E-state index is 13.3. The summed E-state index contributed by atoms with van der Waals surface area (Å²) in [6.45, 7) is 3.93. The quantitative estimate of drug-likeness (QED) is 0.684. The number of alkyl halides is 1. The zero-order chi connectivity index (χ0) is 11.4. The first-order valence-electron chi connectivity index (χ1n) is 5.12. The maximum atomic E-state index is 13.3. The highest BCUT2D eigenvalue weighted by Crippen LogP contribution is 2.21. The van der Waals surface area contributed by atoms with Gasteiger partial charge in [0.15, 0.2) is 0 Å². The van der Waals surface area contributed by atoms with Crippen LogP contribution in [-0.2, 0) is 6.42 Å². The summed E-state index contributed by atoms with van der Waals surface area (Å²) >= 11 is 6.04. The van der Waals surface area contributed by atoms with E-state index in [9.17, 15) is 8.78 Å². The van der Waals surface area contributed by atoms with Gasteiger partial charge in [-0.15, -0.1) is 11.6 Å². The van der Waals surface area contributed by atoms with Gasteiger partial charge in [-0.2, -0.15) is 0 Å². The molecule has 0 fully saturated rings. The Labute approximate surface area is 94.3 Å². The predicted octanol–water partition coefficient (Wildman–Crippen LogP) is 4.16. The number of rotatable bonds is 4. The molecule has 1 rings (SSSR count). The van der Waals surface area contributed by atoms with Gasteiger partial charge in [0, 0.05) is 5.38 Å². The zero-order valence-electron chi connectivity index (χ0n) is 8.93. The molecule has 1 aromatic carbocycles. The lowest BCUT2D eigenvalue weighted by Gasteiger charge is -2.16. The Morgan fingerprint density at radius 3 is 2.60 bits per heavy atom. The third-order valence-electron chi connectivity index (χ3n) is 2.56. The summed E-state index contributed by atoms with van der Waals surface area (Å²) in [6, 6.07) is 3.53. The van der Waals surface area contributed by atoms with Crippen molar-refractivity contribution < 1.29 is 8.78 Å². The number of benzene rings is 1. The molecule has 0 bridgehead atoms. The molecule has 0 aliphatic rings. The molecular formula is C12H15ClF2. The molecule has 1 aromatic rings. The maximum Gasteiger partial charge on any atom is 0.126 e. The topological polar surface area (TPSA) is 0 Å². The Kier molecular flexibility index (Phi) is 4.52. The zero-order valence-corrected chi connectivity index (χ0v) is 9.69. The van der Waals surface area contributed by atoms with Crippen molar-refractivity contribution in [2.45, 2.75) is 32.1 Å². The standard InChI is InChI=1S/C12H15ClF2/c1-3-11(13)8(2)6-9-7-10(14)4-5-12(9)15/h4-5,7-8,11H,3,6H2,1-2H3. The van der Waals surface area contributed by atoms with Gasteiger partial charge in [-0.05, 0) is 42.5 Å². The largest absolute Gasteiger partial charge is 0.207 e. The van der Waals surface area contributed by atoms with Crippen LogP contribution in [0.4, 0.5) is 8.78 Å². The second-order valence-corrected chi connectivity index (χ2v) is 4.40. The minimum atomic E-state index is -0.402. The number of halogens is 3. The van der Waals surface area contributed by atoms with E-state index in [1.165, 1.54) is 6.07 Å². The van der Waals surface area contributed by atoms with Crippen LogP contribution in [0.1, 0.15) is 25.8 Å². The van der Waals surface area contributed by atoms with Crippen LogP contribution in [0.25, 0.3) is 0 Å². The van der Waals surface area contributed by atoms with Crippen LogP contribution < -0.4 is 0 Å². The van der Waals surface area contributed by atoms with Crippen LogP contribution in [0.15, 0.2) is 18.2 Å². The highest BCUT2D eigenvalue weighted by Gasteiger charge is 2.15. The van der Waals surface area contributed by atoms with Crippen LogP contribution in [0.3, 0.4) is 0 Å². The van der Waals surface area contributed by atoms with Crippen LogP contribution in [0, 0.1) is 17.6 Å². The average Bonchev–Trinajstić information content (AvgIpc) is 2.22. The molecule has 2 atom stereocenters. The molecule has 0 amide bonds. The van der Waals surface area contributed by atoms with Crippen LogP contribution in [0.5, 0.6) is 0 Å². The Morgan fingerprint density at radius 2 is 2.00 bits per heavy atom. The summed E-state index contributed by atoms with van der Waals surface area (Å²) in [5, 5.41) is 0.00710. The summed E-state index contributed by atoms with van der Waals surface area (Å²) in [7, 11) is 0. The van der Waals surface area contributed by atoms with E-state index in [0.717, 1.165) is 18.6 Å². The van der Waals surface area contributed by atoms with E-state index in [0.29, 0.717) is 12.0 Å². The minimum absolute atomic E-state index is 0.00710. The molecule has 0 N–H and O–H groups in total. The fourth-order valence-corrected chi connectivity index (χ4v) is 1.67. The third kappa shape index (κ3) is 3.45. The molecule has 2 unspecified atom stereocenters. The minimum Gasteiger partial charge on any atom is -0.207 e. The van der Waals surface area contributed by atoms with Crippen molar-refractivity contribution in [3.63, 3.8) is 0 Å². The lowest BCUT2D eigenvalue weighted by Crippen LogP contribution is -2.14. The molecule has 0 saturated carbocycles. The van der Waals surface area contributed by atoms with Crippen molar-refractivity contribution in [2.75, 3.05) is 0 Å². The van der Waals surface area contributed by atoms with Gasteiger partial charge >= 0.3 is 0 Å². The Balaban J connectivity index is 2.75. The summed E-state index contributed by atoms with van der Waals surface area (Å²) in [6.07, 6.45) is 1.31. The predicted molar refractivity (Wildman–Crippen MR) is 59.2 cm³/mol. The van der Waals surface area contributed by atoms with E-state index in [1.54, 1.807) is 0 Å². The molecule has 3 heteroatoms. The molecule has 0 saturated heterocycles. The molecule has 0 spiro atoms. The van der Waals surface area contributed by atoms with Gasteiger partial charge in [-0.25, -0.2) is 8.78 Å². The van der Waals surface area contributed by atoms with E-state index in [1.807, 2.05) is 13.8 Å². The lowest BCUT2D eigenvalue weighted by molar-refractivity contribution is 0.506. The second kappa shape index (κ2) is 5.45. The first-order chi connectivity index (χ1) is 7.04. The van der Waals surface area contributed by atoms with Crippen LogP contribution in [-0.4, -0.2) is 5.38 Å². The van der Waals surface area contributed by atoms with Gasteiger partial charge in [0.05, 0.1) is 0 Å². The highest BCUT2D eigenvalue weighted by atomic mass is 35.5. The van der Waals surface area contributed by atoms with E-state index in [4.69, 9.17) is 11.6 Å². The van der Waals surface area contributed by atoms with Gasteiger partial charge < -0.3 is 0 Å². The van der Waals surface area contributed by atoms with Gasteiger partial charge in [0.1, 0.15) is 11.6 Å². The smallest absolute Gasteiger partial charge is 0.126 e. The summed E-state index contributed by atoms with van der Waals surface area (Å²) in [5.74, 6) is -0.614. The van der Waals surface area contributed by atoms with Crippen LogP contribution in [0.2, 0.25) is 0 Å². The molecule has 0 radical (unpaired) electrons. The molecule has 84 valence electrons. The summed E-state index contributed by atoms with van der Waals surface area (Å²) in [5.41, 5.74) is 0.404. The summed E-state index contributed by atoms with van der Waals surface area (Å²) < 4.78 is 26.2. The third-order valence-corrected chi connectivity index (χ3v) is 3.30. The van der Waals surface area contributed by atoms with E-state index < -0.39 is 5.82 Å². The first-order valence-corrected chi connectivity index (χ1v) is 5.56. The highest BCUT2D eigenvalue weighted by molar-refractivity contribution is 6.20. The fourth-order valence-electron chi connectivity index (χ4n) is 1.58. The van der Waals surface area contributed by atoms with Crippen LogP contribution >= 0.6 is 11.6 Å². The van der Waals surface area contributed by atoms with Gasteiger partial charge in [-0.3, -0.25) is 0 Å². The molecule has 0 aliphatic heterocycles. The van der Waals surface area contributed by atoms with Gasteiger partial charge in [0.2, 0.25) is 0 Å². The lowest BCUT2D eigenvalue weighted by atomic mass is 9.96. The molecule has 0 heterocycles.